The van der Waals surface area contributed by atoms with Gasteiger partial charge in [-0.2, -0.15) is 0 Å². The Kier molecular flexibility index (Phi) is 2.35. The van der Waals surface area contributed by atoms with Crippen LogP contribution in [0.2, 0.25) is 0 Å². The lowest BCUT2D eigenvalue weighted by atomic mass is 10.0. The van der Waals surface area contributed by atoms with Gasteiger partial charge in [0.1, 0.15) is 5.71 Å². The highest BCUT2D eigenvalue weighted by molar-refractivity contribution is 6.24. The zero-order valence-electron chi connectivity index (χ0n) is 9.22. The summed E-state index contributed by atoms with van der Waals surface area (Å²) in [5.74, 6) is -6.88. The molecule has 0 amide bonds. The molecule has 0 spiro atoms. The first-order valence-electron chi connectivity index (χ1n) is 5.26. The molecule has 0 saturated carbocycles. The van der Waals surface area contributed by atoms with Crippen LogP contribution in [0.1, 0.15) is 11.1 Å². The first kappa shape index (κ1) is 11.7. The van der Waals surface area contributed by atoms with Gasteiger partial charge in [0.15, 0.2) is 23.3 Å². The summed E-state index contributed by atoms with van der Waals surface area (Å²) in [6, 6.07) is 5.94. The second kappa shape index (κ2) is 3.81. The number of hydrogen-bond acceptors (Lipinski definition) is 2. The number of hydrogen-bond donors (Lipinski definition) is 1. The SMILES string of the molecule is O/N=C1\c2ccccc2-c2c(F)c(F)c(F)c(F)c21. The highest BCUT2D eigenvalue weighted by Gasteiger charge is 2.35. The Labute approximate surface area is 104 Å². The molecule has 0 radical (unpaired) electrons. The van der Waals surface area contributed by atoms with Crippen molar-refractivity contribution in [3.8, 4) is 11.1 Å². The summed E-state index contributed by atoms with van der Waals surface area (Å²) in [6.07, 6.45) is 0. The van der Waals surface area contributed by atoms with Crippen LogP contribution < -0.4 is 0 Å². The van der Waals surface area contributed by atoms with E-state index in [4.69, 9.17) is 5.21 Å². The Hall–Kier alpha value is -2.37. The van der Waals surface area contributed by atoms with Crippen LogP contribution in [0.25, 0.3) is 11.1 Å². The summed E-state index contributed by atoms with van der Waals surface area (Å²) in [4.78, 5) is 0. The van der Waals surface area contributed by atoms with E-state index in [2.05, 4.69) is 5.16 Å². The van der Waals surface area contributed by atoms with Gasteiger partial charge in [-0.1, -0.05) is 29.4 Å². The van der Waals surface area contributed by atoms with Gasteiger partial charge in [-0.05, 0) is 5.56 Å². The molecule has 0 aromatic heterocycles. The van der Waals surface area contributed by atoms with Crippen molar-refractivity contribution in [3.05, 3.63) is 58.7 Å². The molecular weight excluding hydrogens is 262 g/mol. The molecule has 1 aliphatic carbocycles. The molecule has 19 heavy (non-hydrogen) atoms. The molecule has 2 nitrogen and oxygen atoms in total. The zero-order valence-corrected chi connectivity index (χ0v) is 9.22. The van der Waals surface area contributed by atoms with Gasteiger partial charge in [-0.25, -0.2) is 17.6 Å². The molecule has 1 aliphatic rings. The second-order valence-electron chi connectivity index (χ2n) is 4.00. The van der Waals surface area contributed by atoms with Crippen LogP contribution in [-0.4, -0.2) is 10.9 Å². The Bertz CT molecular complexity index is 740. The minimum atomic E-state index is -1.93. The first-order chi connectivity index (χ1) is 9.07. The number of nitrogens with zero attached hydrogens (tertiary/aromatic N) is 1. The number of rotatable bonds is 0. The maximum absolute atomic E-state index is 13.8. The molecule has 0 atom stereocenters. The van der Waals surface area contributed by atoms with Crippen LogP contribution in [0.5, 0.6) is 0 Å². The van der Waals surface area contributed by atoms with Crippen LogP contribution in [0.15, 0.2) is 29.4 Å². The summed E-state index contributed by atoms with van der Waals surface area (Å²) in [5.41, 5.74) is -0.954. The lowest BCUT2D eigenvalue weighted by molar-refractivity contribution is 0.319. The van der Waals surface area contributed by atoms with Gasteiger partial charge in [0.2, 0.25) is 0 Å². The third-order valence-electron chi connectivity index (χ3n) is 3.06. The fraction of sp³-hybridized carbons (Fsp3) is 0. The van der Waals surface area contributed by atoms with Crippen LogP contribution >= 0.6 is 0 Å². The van der Waals surface area contributed by atoms with Gasteiger partial charge in [-0.3, -0.25) is 0 Å². The van der Waals surface area contributed by atoms with Crippen molar-refractivity contribution in [1.29, 1.82) is 0 Å². The molecule has 0 fully saturated rings. The van der Waals surface area contributed by atoms with E-state index in [1.165, 1.54) is 18.2 Å². The van der Waals surface area contributed by atoms with Crippen molar-refractivity contribution in [3.63, 3.8) is 0 Å². The number of benzene rings is 2. The summed E-state index contributed by atoms with van der Waals surface area (Å²) in [7, 11) is 0. The lowest BCUT2D eigenvalue weighted by Crippen LogP contribution is -2.07. The molecule has 0 aliphatic heterocycles. The molecule has 0 bridgehead atoms. The van der Waals surface area contributed by atoms with E-state index in [1.807, 2.05) is 0 Å². The Morgan fingerprint density at radius 3 is 1.84 bits per heavy atom. The standard InChI is InChI=1S/C13H5F4NO/c14-9-7-5-3-1-2-4-6(5)13(18-19)8(7)10(15)12(17)11(9)16/h1-4,19H/b18-13+. The summed E-state index contributed by atoms with van der Waals surface area (Å²) in [6.45, 7) is 0. The van der Waals surface area contributed by atoms with Gasteiger partial charge < -0.3 is 5.21 Å². The van der Waals surface area contributed by atoms with Crippen molar-refractivity contribution in [2.75, 3.05) is 0 Å². The molecule has 6 heteroatoms. The normalized spacial score (nSPS) is 14.6. The van der Waals surface area contributed by atoms with Crippen LogP contribution in [0.3, 0.4) is 0 Å². The van der Waals surface area contributed by atoms with Crippen LogP contribution in [0, 0.1) is 23.3 Å². The first-order valence-corrected chi connectivity index (χ1v) is 5.26. The molecule has 0 heterocycles. The summed E-state index contributed by atoms with van der Waals surface area (Å²) >= 11 is 0. The Morgan fingerprint density at radius 1 is 0.737 bits per heavy atom. The minimum Gasteiger partial charge on any atom is -0.410 e. The van der Waals surface area contributed by atoms with Crippen molar-refractivity contribution >= 4 is 5.71 Å². The Balaban J connectivity index is 2.53. The van der Waals surface area contributed by atoms with E-state index in [0.29, 0.717) is 0 Å². The van der Waals surface area contributed by atoms with E-state index in [-0.39, 0.29) is 16.8 Å². The molecule has 0 unspecified atom stereocenters. The predicted octanol–water partition coefficient (Wildman–Crippen LogP) is 3.45. The van der Waals surface area contributed by atoms with Crippen LogP contribution in [0.4, 0.5) is 17.6 Å². The van der Waals surface area contributed by atoms with Crippen molar-refractivity contribution < 1.29 is 22.8 Å². The zero-order chi connectivity index (χ0) is 13.7. The quantitative estimate of drug-likeness (QED) is 0.218. The molecule has 0 saturated heterocycles. The highest BCUT2D eigenvalue weighted by Crippen LogP contribution is 2.41. The van der Waals surface area contributed by atoms with E-state index in [9.17, 15) is 17.6 Å². The third-order valence-corrected chi connectivity index (χ3v) is 3.06. The van der Waals surface area contributed by atoms with Crippen LogP contribution in [-0.2, 0) is 0 Å². The molecule has 3 rings (SSSR count). The van der Waals surface area contributed by atoms with Crippen molar-refractivity contribution in [2.24, 2.45) is 5.16 Å². The molecule has 1 N–H and O–H groups in total. The molecule has 96 valence electrons. The largest absolute Gasteiger partial charge is 0.410 e. The summed E-state index contributed by atoms with van der Waals surface area (Å²) in [5, 5.41) is 11.8. The second-order valence-corrected chi connectivity index (χ2v) is 4.00. The highest BCUT2D eigenvalue weighted by atomic mass is 19.2. The van der Waals surface area contributed by atoms with Gasteiger partial charge >= 0.3 is 0 Å². The van der Waals surface area contributed by atoms with Crippen molar-refractivity contribution in [1.82, 2.24) is 0 Å². The van der Waals surface area contributed by atoms with E-state index < -0.39 is 34.4 Å². The molecule has 2 aromatic rings. The molecule has 2 aromatic carbocycles. The molecular formula is C13H5F4NO. The fourth-order valence-electron chi connectivity index (χ4n) is 2.25. The van der Waals surface area contributed by atoms with Gasteiger partial charge in [-0.15, -0.1) is 0 Å². The third kappa shape index (κ3) is 1.34. The fourth-order valence-corrected chi connectivity index (χ4v) is 2.25. The Morgan fingerprint density at radius 2 is 1.26 bits per heavy atom. The van der Waals surface area contributed by atoms with Gasteiger partial charge in [0.25, 0.3) is 0 Å². The minimum absolute atomic E-state index is 0.153. The van der Waals surface area contributed by atoms with Gasteiger partial charge in [0.05, 0.1) is 5.56 Å². The summed E-state index contributed by atoms with van der Waals surface area (Å²) < 4.78 is 54.1. The predicted molar refractivity (Wildman–Crippen MR) is 59.1 cm³/mol. The number of halogens is 4. The maximum Gasteiger partial charge on any atom is 0.198 e. The smallest absolute Gasteiger partial charge is 0.198 e. The van der Waals surface area contributed by atoms with Crippen molar-refractivity contribution in [2.45, 2.75) is 0 Å². The average Bonchev–Trinajstić information content (AvgIpc) is 2.77. The number of oxime groups is 1. The topological polar surface area (TPSA) is 32.6 Å². The van der Waals surface area contributed by atoms with Gasteiger partial charge in [0, 0.05) is 11.1 Å². The number of fused-ring (bicyclic) bond motifs is 3. The average molecular weight is 267 g/mol. The van der Waals surface area contributed by atoms with E-state index >= 15 is 0 Å². The van der Waals surface area contributed by atoms with E-state index in [0.717, 1.165) is 0 Å². The van der Waals surface area contributed by atoms with E-state index in [1.54, 1.807) is 6.07 Å². The lowest BCUT2D eigenvalue weighted by Gasteiger charge is -2.06. The maximum atomic E-state index is 13.8. The monoisotopic (exact) mass is 267 g/mol.